The summed E-state index contributed by atoms with van der Waals surface area (Å²) in [6.07, 6.45) is 4.10. The Hall–Kier alpha value is -2.14. The van der Waals surface area contributed by atoms with Crippen LogP contribution < -0.4 is 0 Å². The number of aryl methyl sites for hydroxylation is 1. The van der Waals surface area contributed by atoms with Gasteiger partial charge in [0.25, 0.3) is 0 Å². The van der Waals surface area contributed by atoms with Gasteiger partial charge in [0.05, 0.1) is 12.4 Å². The minimum absolute atomic E-state index is 0.181. The normalized spacial score (nSPS) is 31.9. The van der Waals surface area contributed by atoms with Crippen molar-refractivity contribution in [2.75, 3.05) is 0 Å². The number of furan rings is 1. The van der Waals surface area contributed by atoms with Gasteiger partial charge in [-0.05, 0) is 38.7 Å². The van der Waals surface area contributed by atoms with E-state index in [1.165, 1.54) is 6.26 Å². The highest BCUT2D eigenvalue weighted by Gasteiger charge is 2.57. The van der Waals surface area contributed by atoms with E-state index in [0.717, 1.165) is 5.56 Å². The van der Waals surface area contributed by atoms with Crippen LogP contribution in [0.2, 0.25) is 0 Å². The number of carbonyl (C=O) groups excluding carboxylic acids is 2. The molecule has 5 nitrogen and oxygen atoms in total. The standard InChI is InChI=1S/C20H24O5/c1-6-10(2)19(23)25-18-15-11(3)9-24-17(15)16(22)13-7-8-14(21)12(4)20(13,18)5/h6-7,9,12,14,18,21H,8H2,1-5H3/b10-6-/t12-,14-,18+,20+/m0/s1. The van der Waals surface area contributed by atoms with Crippen molar-refractivity contribution in [3.8, 4) is 0 Å². The first-order chi connectivity index (χ1) is 11.7. The van der Waals surface area contributed by atoms with Crippen LogP contribution >= 0.6 is 0 Å². The number of fused-ring (bicyclic) bond motifs is 2. The number of allylic oxidation sites excluding steroid dienone is 1. The predicted molar refractivity (Wildman–Crippen MR) is 92.0 cm³/mol. The van der Waals surface area contributed by atoms with Crippen molar-refractivity contribution in [2.45, 2.75) is 53.2 Å². The number of esters is 1. The number of hydrogen-bond donors (Lipinski definition) is 1. The second-order valence-electron chi connectivity index (χ2n) is 7.24. The monoisotopic (exact) mass is 344 g/mol. The summed E-state index contributed by atoms with van der Waals surface area (Å²) in [5.41, 5.74) is 1.63. The van der Waals surface area contributed by atoms with Crippen molar-refractivity contribution in [3.05, 3.63) is 46.4 Å². The van der Waals surface area contributed by atoms with Gasteiger partial charge in [-0.3, -0.25) is 4.79 Å². The number of rotatable bonds is 2. The van der Waals surface area contributed by atoms with Gasteiger partial charge >= 0.3 is 5.97 Å². The molecule has 0 saturated heterocycles. The molecule has 0 fully saturated rings. The Balaban J connectivity index is 2.20. The Kier molecular flexibility index (Phi) is 4.23. The second-order valence-corrected chi connectivity index (χ2v) is 7.24. The van der Waals surface area contributed by atoms with Crippen molar-refractivity contribution in [1.82, 2.24) is 0 Å². The van der Waals surface area contributed by atoms with Gasteiger partial charge in [-0.2, -0.15) is 0 Å². The SMILES string of the molecule is C/C=C(/C)C(=O)O[C@@H]1c2c(C)coc2C(=O)C2=CC[C@H](O)[C@H](C)[C@]21C. The second kappa shape index (κ2) is 5.99. The fourth-order valence-corrected chi connectivity index (χ4v) is 3.90. The van der Waals surface area contributed by atoms with Gasteiger partial charge in [0.1, 0.15) is 6.10 Å². The van der Waals surface area contributed by atoms with Crippen LogP contribution in [0.15, 0.2) is 34.0 Å². The Labute approximate surface area is 147 Å². The molecule has 0 spiro atoms. The highest BCUT2D eigenvalue weighted by molar-refractivity contribution is 6.10. The Morgan fingerprint density at radius 1 is 1.48 bits per heavy atom. The minimum Gasteiger partial charge on any atom is -0.460 e. The van der Waals surface area contributed by atoms with Gasteiger partial charge in [-0.15, -0.1) is 0 Å². The fourth-order valence-electron chi connectivity index (χ4n) is 3.90. The lowest BCUT2D eigenvalue weighted by Crippen LogP contribution is -2.49. The summed E-state index contributed by atoms with van der Waals surface area (Å²) >= 11 is 0. The molecule has 2 aliphatic carbocycles. The lowest BCUT2D eigenvalue weighted by atomic mass is 9.57. The van der Waals surface area contributed by atoms with Crippen LogP contribution in [0, 0.1) is 18.3 Å². The van der Waals surface area contributed by atoms with Crippen molar-refractivity contribution in [3.63, 3.8) is 0 Å². The van der Waals surface area contributed by atoms with E-state index in [0.29, 0.717) is 23.1 Å². The summed E-state index contributed by atoms with van der Waals surface area (Å²) in [6.45, 7) is 9.09. The Morgan fingerprint density at radius 2 is 2.16 bits per heavy atom. The van der Waals surface area contributed by atoms with Crippen molar-refractivity contribution < 1.29 is 23.8 Å². The maximum atomic E-state index is 12.9. The maximum Gasteiger partial charge on any atom is 0.334 e. The lowest BCUT2D eigenvalue weighted by molar-refractivity contribution is -0.155. The van der Waals surface area contributed by atoms with Gasteiger partial charge < -0.3 is 14.3 Å². The van der Waals surface area contributed by atoms with Crippen LogP contribution in [0.4, 0.5) is 0 Å². The predicted octanol–water partition coefficient (Wildman–Crippen LogP) is 3.67. The highest BCUT2D eigenvalue weighted by atomic mass is 16.5. The molecular formula is C20H24O5. The van der Waals surface area contributed by atoms with E-state index in [-0.39, 0.29) is 17.5 Å². The van der Waals surface area contributed by atoms with Crippen molar-refractivity contribution in [1.29, 1.82) is 0 Å². The third-order valence-electron chi connectivity index (χ3n) is 5.93. The molecule has 0 bridgehead atoms. The van der Waals surface area contributed by atoms with E-state index in [1.54, 1.807) is 26.0 Å². The first-order valence-electron chi connectivity index (χ1n) is 8.58. The average molecular weight is 344 g/mol. The molecule has 1 heterocycles. The molecule has 1 aromatic rings. The fraction of sp³-hybridized carbons (Fsp3) is 0.500. The molecule has 0 saturated carbocycles. The molecule has 134 valence electrons. The van der Waals surface area contributed by atoms with Crippen LogP contribution in [-0.2, 0) is 9.53 Å². The summed E-state index contributed by atoms with van der Waals surface area (Å²) in [5.74, 6) is -0.621. The van der Waals surface area contributed by atoms with Gasteiger partial charge in [0.2, 0.25) is 5.78 Å². The van der Waals surface area contributed by atoms with E-state index in [1.807, 2.05) is 20.8 Å². The highest BCUT2D eigenvalue weighted by Crippen LogP contribution is 2.57. The molecule has 1 aromatic heterocycles. The summed E-state index contributed by atoms with van der Waals surface area (Å²) in [6, 6.07) is 0. The molecule has 0 aromatic carbocycles. The maximum absolute atomic E-state index is 12.9. The summed E-state index contributed by atoms with van der Waals surface area (Å²) in [4.78, 5) is 25.4. The van der Waals surface area contributed by atoms with Crippen LogP contribution in [-0.4, -0.2) is 23.0 Å². The third-order valence-corrected chi connectivity index (χ3v) is 5.93. The van der Waals surface area contributed by atoms with E-state index < -0.39 is 23.6 Å². The Bertz CT molecular complexity index is 797. The number of carbonyl (C=O) groups is 2. The van der Waals surface area contributed by atoms with Crippen LogP contribution in [0.1, 0.15) is 61.9 Å². The molecule has 4 atom stereocenters. The number of Topliss-reactive ketones (excluding diaryl/α,β-unsaturated/α-hetero) is 1. The van der Waals surface area contributed by atoms with E-state index in [2.05, 4.69) is 0 Å². The van der Waals surface area contributed by atoms with Gasteiger partial charge in [0.15, 0.2) is 5.76 Å². The lowest BCUT2D eigenvalue weighted by Gasteiger charge is -2.49. The number of ether oxygens (including phenoxy) is 1. The van der Waals surface area contributed by atoms with E-state index >= 15 is 0 Å². The molecule has 1 N–H and O–H groups in total. The van der Waals surface area contributed by atoms with Crippen LogP contribution in [0.5, 0.6) is 0 Å². The summed E-state index contributed by atoms with van der Waals surface area (Å²) in [7, 11) is 0. The first-order valence-corrected chi connectivity index (χ1v) is 8.58. The van der Waals surface area contributed by atoms with Crippen molar-refractivity contribution in [2.24, 2.45) is 11.3 Å². The van der Waals surface area contributed by atoms with Gasteiger partial charge in [-0.1, -0.05) is 26.0 Å². The minimum atomic E-state index is -0.805. The molecule has 0 amide bonds. The zero-order valence-corrected chi connectivity index (χ0v) is 15.3. The Morgan fingerprint density at radius 3 is 2.80 bits per heavy atom. The van der Waals surface area contributed by atoms with Crippen molar-refractivity contribution >= 4 is 11.8 Å². The zero-order chi connectivity index (χ0) is 18.5. The largest absolute Gasteiger partial charge is 0.460 e. The summed E-state index contributed by atoms with van der Waals surface area (Å²) < 4.78 is 11.4. The molecule has 2 aliphatic rings. The van der Waals surface area contributed by atoms with Gasteiger partial charge in [0, 0.05) is 22.1 Å². The molecule has 3 rings (SSSR count). The number of hydrogen-bond acceptors (Lipinski definition) is 5. The topological polar surface area (TPSA) is 76.7 Å². The quantitative estimate of drug-likeness (QED) is 0.654. The molecule has 5 heteroatoms. The molecule has 0 radical (unpaired) electrons. The smallest absolute Gasteiger partial charge is 0.334 e. The number of ketones is 1. The summed E-state index contributed by atoms with van der Waals surface area (Å²) in [5, 5.41) is 10.4. The number of aliphatic hydroxyl groups is 1. The average Bonchev–Trinajstić information content (AvgIpc) is 2.97. The molecular weight excluding hydrogens is 320 g/mol. The molecule has 0 unspecified atom stereocenters. The zero-order valence-electron chi connectivity index (χ0n) is 15.3. The van der Waals surface area contributed by atoms with Crippen LogP contribution in [0.3, 0.4) is 0 Å². The van der Waals surface area contributed by atoms with Crippen LogP contribution in [0.25, 0.3) is 0 Å². The van der Waals surface area contributed by atoms with E-state index in [9.17, 15) is 14.7 Å². The van der Waals surface area contributed by atoms with E-state index in [4.69, 9.17) is 9.15 Å². The molecule has 0 aliphatic heterocycles. The first kappa shape index (κ1) is 17.7. The molecule has 25 heavy (non-hydrogen) atoms. The van der Waals surface area contributed by atoms with Gasteiger partial charge in [-0.25, -0.2) is 4.79 Å². The third kappa shape index (κ3) is 2.41. The number of aliphatic hydroxyl groups excluding tert-OH is 1.